The van der Waals surface area contributed by atoms with Crippen LogP contribution in [0.2, 0.25) is 0 Å². The number of carbonyl (C=O) groups is 1. The molecule has 1 aromatic heterocycles. The molecule has 1 aliphatic rings. The second kappa shape index (κ2) is 5.17. The Kier molecular flexibility index (Phi) is 3.92. The Morgan fingerprint density at radius 3 is 2.68 bits per heavy atom. The van der Waals surface area contributed by atoms with Crippen LogP contribution in [0.3, 0.4) is 0 Å². The highest BCUT2D eigenvalue weighted by atomic mass is 32.2. The SMILES string of the molecule is COC(=O)c1sc(SC)c2c1CC(C)(C)CC2=NO. The molecule has 1 aliphatic carbocycles. The first kappa shape index (κ1) is 14.4. The van der Waals surface area contributed by atoms with Gasteiger partial charge >= 0.3 is 5.97 Å². The lowest BCUT2D eigenvalue weighted by molar-refractivity contribution is 0.0604. The summed E-state index contributed by atoms with van der Waals surface area (Å²) >= 11 is 2.99. The third kappa shape index (κ3) is 2.51. The fourth-order valence-corrected chi connectivity index (χ4v) is 4.49. The Morgan fingerprint density at radius 2 is 2.16 bits per heavy atom. The van der Waals surface area contributed by atoms with Crippen LogP contribution in [0.15, 0.2) is 9.36 Å². The smallest absolute Gasteiger partial charge is 0.348 e. The standard InChI is InChI=1S/C13H17NO3S2/c1-13(2)5-7-9(8(6-13)14-16)12(18-4)19-10(7)11(15)17-3/h16H,5-6H2,1-4H3. The van der Waals surface area contributed by atoms with Crippen molar-refractivity contribution in [2.24, 2.45) is 10.6 Å². The lowest BCUT2D eigenvalue weighted by Crippen LogP contribution is -2.28. The van der Waals surface area contributed by atoms with Gasteiger partial charge in [0.1, 0.15) is 4.88 Å². The second-order valence-electron chi connectivity index (χ2n) is 5.33. The Bertz CT molecular complexity index is 546. The van der Waals surface area contributed by atoms with E-state index in [1.165, 1.54) is 18.4 Å². The number of thiophene rings is 1. The first-order valence-electron chi connectivity index (χ1n) is 5.92. The molecule has 0 radical (unpaired) electrons. The maximum absolute atomic E-state index is 11.9. The van der Waals surface area contributed by atoms with E-state index >= 15 is 0 Å². The molecule has 0 aliphatic heterocycles. The molecule has 1 N–H and O–H groups in total. The van der Waals surface area contributed by atoms with Crippen molar-refractivity contribution in [2.45, 2.75) is 30.9 Å². The molecule has 6 heteroatoms. The molecule has 1 heterocycles. The van der Waals surface area contributed by atoms with Crippen LogP contribution in [0.5, 0.6) is 0 Å². The lowest BCUT2D eigenvalue weighted by Gasteiger charge is -2.30. The largest absolute Gasteiger partial charge is 0.465 e. The van der Waals surface area contributed by atoms with E-state index < -0.39 is 0 Å². The zero-order valence-corrected chi connectivity index (χ0v) is 13.1. The van der Waals surface area contributed by atoms with Gasteiger partial charge in [0.05, 0.1) is 17.0 Å². The quantitative estimate of drug-likeness (QED) is 0.393. The molecule has 104 valence electrons. The molecule has 0 amide bonds. The van der Waals surface area contributed by atoms with Gasteiger partial charge in [0.15, 0.2) is 0 Å². The summed E-state index contributed by atoms with van der Waals surface area (Å²) in [5, 5.41) is 12.7. The summed E-state index contributed by atoms with van der Waals surface area (Å²) in [4.78, 5) is 12.5. The summed E-state index contributed by atoms with van der Waals surface area (Å²) in [7, 11) is 1.39. The fourth-order valence-electron chi connectivity index (χ4n) is 2.47. The first-order chi connectivity index (χ1) is 8.93. The highest BCUT2D eigenvalue weighted by molar-refractivity contribution is 8.00. The average Bonchev–Trinajstić information content (AvgIpc) is 2.73. The minimum Gasteiger partial charge on any atom is -0.465 e. The zero-order chi connectivity index (χ0) is 14.2. The summed E-state index contributed by atoms with van der Waals surface area (Å²) in [6, 6.07) is 0. The maximum Gasteiger partial charge on any atom is 0.348 e. The van der Waals surface area contributed by atoms with E-state index in [2.05, 4.69) is 19.0 Å². The summed E-state index contributed by atoms with van der Waals surface area (Å²) in [5.41, 5.74) is 2.54. The third-order valence-electron chi connectivity index (χ3n) is 3.24. The van der Waals surface area contributed by atoms with Gasteiger partial charge in [-0.15, -0.1) is 23.1 Å². The number of methoxy groups -OCH3 is 1. The summed E-state index contributed by atoms with van der Waals surface area (Å²) < 4.78 is 5.87. The Morgan fingerprint density at radius 1 is 1.47 bits per heavy atom. The van der Waals surface area contributed by atoms with Gasteiger partial charge in [-0.1, -0.05) is 19.0 Å². The number of fused-ring (bicyclic) bond motifs is 1. The highest BCUT2D eigenvalue weighted by Crippen LogP contribution is 2.44. The van der Waals surface area contributed by atoms with Crippen LogP contribution in [-0.4, -0.2) is 30.3 Å². The number of hydrogen-bond acceptors (Lipinski definition) is 6. The number of hydrogen-bond donors (Lipinski definition) is 1. The molecule has 0 saturated carbocycles. The van der Waals surface area contributed by atoms with Crippen molar-refractivity contribution in [3.63, 3.8) is 0 Å². The molecule has 19 heavy (non-hydrogen) atoms. The van der Waals surface area contributed by atoms with Crippen LogP contribution in [-0.2, 0) is 11.2 Å². The van der Waals surface area contributed by atoms with Crippen molar-refractivity contribution >= 4 is 34.8 Å². The van der Waals surface area contributed by atoms with Gasteiger partial charge in [-0.3, -0.25) is 0 Å². The van der Waals surface area contributed by atoms with Crippen molar-refractivity contribution < 1.29 is 14.7 Å². The monoisotopic (exact) mass is 299 g/mol. The van der Waals surface area contributed by atoms with Crippen LogP contribution in [0.1, 0.15) is 41.1 Å². The Hall–Kier alpha value is -1.01. The molecule has 0 fully saturated rings. The fraction of sp³-hybridized carbons (Fsp3) is 0.538. The average molecular weight is 299 g/mol. The summed E-state index contributed by atoms with van der Waals surface area (Å²) in [5.74, 6) is -0.309. The Balaban J connectivity index is 2.65. The van der Waals surface area contributed by atoms with Crippen molar-refractivity contribution in [1.29, 1.82) is 0 Å². The van der Waals surface area contributed by atoms with Crippen molar-refractivity contribution in [3.05, 3.63) is 16.0 Å². The van der Waals surface area contributed by atoms with E-state index in [-0.39, 0.29) is 11.4 Å². The van der Waals surface area contributed by atoms with Crippen molar-refractivity contribution in [3.8, 4) is 0 Å². The van der Waals surface area contributed by atoms with E-state index in [1.54, 1.807) is 11.8 Å². The molecule has 0 unspecified atom stereocenters. The van der Waals surface area contributed by atoms with Crippen molar-refractivity contribution in [1.82, 2.24) is 0 Å². The normalized spacial score (nSPS) is 19.3. The van der Waals surface area contributed by atoms with E-state index in [0.717, 1.165) is 21.8 Å². The topological polar surface area (TPSA) is 58.9 Å². The van der Waals surface area contributed by atoms with Crippen LogP contribution in [0, 0.1) is 5.41 Å². The molecule has 2 rings (SSSR count). The van der Waals surface area contributed by atoms with Gasteiger partial charge in [-0.05, 0) is 30.1 Å². The molecule has 0 bridgehead atoms. The third-order valence-corrected chi connectivity index (χ3v) is 5.57. The number of rotatable bonds is 2. The number of thioether (sulfide) groups is 1. The summed E-state index contributed by atoms with van der Waals surface area (Å²) in [6.45, 7) is 4.22. The van der Waals surface area contributed by atoms with Gasteiger partial charge in [-0.2, -0.15) is 0 Å². The molecular weight excluding hydrogens is 282 g/mol. The molecule has 0 aromatic carbocycles. The van der Waals surface area contributed by atoms with Crippen LogP contribution in [0.4, 0.5) is 0 Å². The van der Waals surface area contributed by atoms with Gasteiger partial charge in [0.25, 0.3) is 0 Å². The summed E-state index contributed by atoms with van der Waals surface area (Å²) in [6.07, 6.45) is 3.46. The number of carbonyl (C=O) groups excluding carboxylic acids is 1. The predicted octanol–water partition coefficient (Wildman–Crippen LogP) is 3.41. The number of nitrogens with zero attached hydrogens (tertiary/aromatic N) is 1. The highest BCUT2D eigenvalue weighted by Gasteiger charge is 2.36. The van der Waals surface area contributed by atoms with E-state index in [9.17, 15) is 10.0 Å². The van der Waals surface area contributed by atoms with Gasteiger partial charge in [-0.25, -0.2) is 4.79 Å². The molecule has 1 aromatic rings. The molecule has 4 nitrogen and oxygen atoms in total. The second-order valence-corrected chi connectivity index (χ2v) is 7.43. The molecule has 0 saturated heterocycles. The first-order valence-corrected chi connectivity index (χ1v) is 7.97. The predicted molar refractivity (Wildman–Crippen MR) is 77.9 cm³/mol. The lowest BCUT2D eigenvalue weighted by atomic mass is 9.74. The van der Waals surface area contributed by atoms with E-state index in [1.807, 2.05) is 6.26 Å². The zero-order valence-electron chi connectivity index (χ0n) is 11.4. The van der Waals surface area contributed by atoms with Gasteiger partial charge in [0.2, 0.25) is 0 Å². The van der Waals surface area contributed by atoms with E-state index in [4.69, 9.17) is 4.74 Å². The van der Waals surface area contributed by atoms with Crippen LogP contribution >= 0.6 is 23.1 Å². The number of esters is 1. The van der Waals surface area contributed by atoms with Crippen LogP contribution in [0.25, 0.3) is 0 Å². The molecule has 0 spiro atoms. The minimum atomic E-state index is -0.309. The van der Waals surface area contributed by atoms with Gasteiger partial charge in [0, 0.05) is 5.56 Å². The number of oxime groups is 1. The van der Waals surface area contributed by atoms with E-state index in [0.29, 0.717) is 17.0 Å². The van der Waals surface area contributed by atoms with Crippen molar-refractivity contribution in [2.75, 3.05) is 13.4 Å². The number of ether oxygens (including phenoxy) is 1. The van der Waals surface area contributed by atoms with Crippen LogP contribution < -0.4 is 0 Å². The van der Waals surface area contributed by atoms with Gasteiger partial charge < -0.3 is 9.94 Å². The molecular formula is C13H17NO3S2. The minimum absolute atomic E-state index is 0.0198. The molecule has 0 atom stereocenters. The Labute approximate surface area is 120 Å². The maximum atomic E-state index is 11.9.